The van der Waals surface area contributed by atoms with Crippen LogP contribution >= 0.6 is 11.6 Å². The van der Waals surface area contributed by atoms with Gasteiger partial charge in [-0.15, -0.1) is 11.6 Å². The number of hydrogen-bond acceptors (Lipinski definition) is 3. The van der Waals surface area contributed by atoms with Crippen molar-refractivity contribution in [1.82, 2.24) is 20.1 Å². The Balaban J connectivity index is 2.23. The lowest BCUT2D eigenvalue weighted by Gasteiger charge is -2.21. The lowest BCUT2D eigenvalue weighted by atomic mass is 9.90. The Bertz CT molecular complexity index is 316. The number of aromatic nitrogens is 3. The van der Waals surface area contributed by atoms with Gasteiger partial charge in [0.05, 0.1) is 6.54 Å². The molecule has 0 aromatic carbocycles. The fraction of sp³-hybridized carbons (Fsp3) is 0.818. The van der Waals surface area contributed by atoms with Crippen LogP contribution < -0.4 is 5.32 Å². The number of rotatable bonds is 5. The van der Waals surface area contributed by atoms with Gasteiger partial charge in [-0.05, 0) is 11.8 Å². The standard InChI is InChI=1S/C11H21ClN4/c1-11(2,3)5-9(12)6-13-7-10-14-8-15-16(10)4/h8-9,13H,5-7H2,1-4H3. The van der Waals surface area contributed by atoms with Gasteiger partial charge in [0.2, 0.25) is 0 Å². The third kappa shape index (κ3) is 4.94. The van der Waals surface area contributed by atoms with Crippen LogP contribution in [0.25, 0.3) is 0 Å². The smallest absolute Gasteiger partial charge is 0.140 e. The van der Waals surface area contributed by atoms with E-state index in [1.165, 1.54) is 0 Å². The molecule has 1 atom stereocenters. The van der Waals surface area contributed by atoms with E-state index in [-0.39, 0.29) is 10.8 Å². The zero-order valence-corrected chi connectivity index (χ0v) is 11.3. The van der Waals surface area contributed by atoms with Gasteiger partial charge in [-0.1, -0.05) is 20.8 Å². The summed E-state index contributed by atoms with van der Waals surface area (Å²) in [5.74, 6) is 0.930. The van der Waals surface area contributed by atoms with Crippen molar-refractivity contribution < 1.29 is 0 Å². The van der Waals surface area contributed by atoms with Crippen LogP contribution in [-0.4, -0.2) is 26.7 Å². The molecular weight excluding hydrogens is 224 g/mol. The average molecular weight is 245 g/mol. The van der Waals surface area contributed by atoms with E-state index in [1.807, 2.05) is 7.05 Å². The number of hydrogen-bond donors (Lipinski definition) is 1. The molecule has 0 spiro atoms. The molecule has 1 rings (SSSR count). The topological polar surface area (TPSA) is 42.7 Å². The van der Waals surface area contributed by atoms with Crippen molar-refractivity contribution in [3.05, 3.63) is 12.2 Å². The minimum atomic E-state index is 0.160. The third-order valence-electron chi connectivity index (χ3n) is 2.29. The maximum absolute atomic E-state index is 6.24. The van der Waals surface area contributed by atoms with E-state index < -0.39 is 0 Å². The second-order valence-electron chi connectivity index (χ2n) is 5.29. The minimum Gasteiger partial charge on any atom is -0.308 e. The lowest BCUT2D eigenvalue weighted by Crippen LogP contribution is -2.27. The summed E-state index contributed by atoms with van der Waals surface area (Å²) >= 11 is 6.24. The summed E-state index contributed by atoms with van der Waals surface area (Å²) in [4.78, 5) is 4.13. The van der Waals surface area contributed by atoms with Gasteiger partial charge < -0.3 is 5.32 Å². The molecule has 0 aliphatic carbocycles. The number of aryl methyl sites for hydroxylation is 1. The molecule has 1 unspecified atom stereocenters. The van der Waals surface area contributed by atoms with Crippen molar-refractivity contribution >= 4 is 11.6 Å². The summed E-state index contributed by atoms with van der Waals surface area (Å²) in [6, 6.07) is 0. The molecule has 0 saturated heterocycles. The first-order chi connectivity index (χ1) is 7.38. The Morgan fingerprint density at radius 3 is 2.69 bits per heavy atom. The molecule has 92 valence electrons. The van der Waals surface area contributed by atoms with Gasteiger partial charge in [0, 0.05) is 19.0 Å². The molecule has 0 saturated carbocycles. The summed E-state index contributed by atoms with van der Waals surface area (Å²) in [5.41, 5.74) is 0.277. The predicted molar refractivity (Wildman–Crippen MR) is 66.4 cm³/mol. The normalized spacial score (nSPS) is 14.1. The molecule has 16 heavy (non-hydrogen) atoms. The minimum absolute atomic E-state index is 0.160. The van der Waals surface area contributed by atoms with E-state index in [4.69, 9.17) is 11.6 Å². The van der Waals surface area contributed by atoms with Crippen molar-refractivity contribution in [2.75, 3.05) is 6.54 Å². The van der Waals surface area contributed by atoms with Gasteiger partial charge in [0.25, 0.3) is 0 Å². The maximum atomic E-state index is 6.24. The average Bonchev–Trinajstić information content (AvgIpc) is 2.48. The summed E-state index contributed by atoms with van der Waals surface area (Å²) < 4.78 is 1.76. The summed E-state index contributed by atoms with van der Waals surface area (Å²) in [6.07, 6.45) is 2.56. The van der Waals surface area contributed by atoms with Crippen LogP contribution in [0.4, 0.5) is 0 Å². The fourth-order valence-electron chi connectivity index (χ4n) is 1.56. The van der Waals surface area contributed by atoms with E-state index in [1.54, 1.807) is 11.0 Å². The van der Waals surface area contributed by atoms with Gasteiger partial charge in [-0.3, -0.25) is 4.68 Å². The Kier molecular flexibility index (Phi) is 4.74. The zero-order valence-electron chi connectivity index (χ0n) is 10.5. The Labute approximate surface area is 102 Å². The number of halogens is 1. The third-order valence-corrected chi connectivity index (χ3v) is 2.60. The van der Waals surface area contributed by atoms with Crippen LogP contribution in [0, 0.1) is 5.41 Å². The van der Waals surface area contributed by atoms with Crippen molar-refractivity contribution in [1.29, 1.82) is 0 Å². The predicted octanol–water partition coefficient (Wildman–Crippen LogP) is 1.95. The molecule has 0 aliphatic rings. The highest BCUT2D eigenvalue weighted by atomic mass is 35.5. The SMILES string of the molecule is Cn1ncnc1CNCC(Cl)CC(C)(C)C. The van der Waals surface area contributed by atoms with Crippen LogP contribution in [0.1, 0.15) is 33.0 Å². The molecule has 1 aromatic heterocycles. The Morgan fingerprint density at radius 1 is 1.50 bits per heavy atom. The van der Waals surface area contributed by atoms with Crippen LogP contribution in [0.3, 0.4) is 0 Å². The zero-order chi connectivity index (χ0) is 12.2. The second-order valence-corrected chi connectivity index (χ2v) is 5.91. The highest BCUT2D eigenvalue weighted by molar-refractivity contribution is 6.20. The van der Waals surface area contributed by atoms with Crippen LogP contribution in [0.2, 0.25) is 0 Å². The molecule has 0 fully saturated rings. The highest BCUT2D eigenvalue weighted by Gasteiger charge is 2.16. The molecular formula is C11H21ClN4. The fourth-order valence-corrected chi connectivity index (χ4v) is 2.13. The Morgan fingerprint density at radius 2 is 2.19 bits per heavy atom. The largest absolute Gasteiger partial charge is 0.308 e. The van der Waals surface area contributed by atoms with E-state index in [0.29, 0.717) is 6.54 Å². The summed E-state index contributed by atoms with van der Waals surface area (Å²) in [5, 5.41) is 7.46. The molecule has 1 heterocycles. The number of nitrogens with zero attached hydrogens (tertiary/aromatic N) is 3. The van der Waals surface area contributed by atoms with Crippen LogP contribution in [0.15, 0.2) is 6.33 Å². The number of alkyl halides is 1. The Hall–Kier alpha value is -0.610. The van der Waals surface area contributed by atoms with Crippen LogP contribution in [-0.2, 0) is 13.6 Å². The lowest BCUT2D eigenvalue weighted by molar-refractivity contribution is 0.364. The highest BCUT2D eigenvalue weighted by Crippen LogP contribution is 2.23. The molecule has 0 bridgehead atoms. The maximum Gasteiger partial charge on any atom is 0.140 e. The van der Waals surface area contributed by atoms with E-state index in [0.717, 1.165) is 18.8 Å². The van der Waals surface area contributed by atoms with E-state index in [9.17, 15) is 0 Å². The first-order valence-corrected chi connectivity index (χ1v) is 6.00. The van der Waals surface area contributed by atoms with E-state index in [2.05, 4.69) is 36.2 Å². The number of nitrogens with one attached hydrogen (secondary N) is 1. The summed E-state index contributed by atoms with van der Waals surface area (Å²) in [7, 11) is 1.89. The van der Waals surface area contributed by atoms with Crippen molar-refractivity contribution in [3.63, 3.8) is 0 Å². The van der Waals surface area contributed by atoms with Gasteiger partial charge in [0.1, 0.15) is 12.2 Å². The van der Waals surface area contributed by atoms with Crippen LogP contribution in [0.5, 0.6) is 0 Å². The van der Waals surface area contributed by atoms with Gasteiger partial charge in [0.15, 0.2) is 0 Å². The summed E-state index contributed by atoms with van der Waals surface area (Å²) in [6.45, 7) is 8.11. The molecule has 1 aromatic rings. The quantitative estimate of drug-likeness (QED) is 0.806. The molecule has 0 radical (unpaired) electrons. The molecule has 0 amide bonds. The molecule has 1 N–H and O–H groups in total. The van der Waals surface area contributed by atoms with Crippen molar-refractivity contribution in [2.24, 2.45) is 12.5 Å². The molecule has 0 aliphatic heterocycles. The van der Waals surface area contributed by atoms with Gasteiger partial charge >= 0.3 is 0 Å². The van der Waals surface area contributed by atoms with Crippen molar-refractivity contribution in [3.8, 4) is 0 Å². The molecule has 4 nitrogen and oxygen atoms in total. The van der Waals surface area contributed by atoms with Crippen molar-refractivity contribution in [2.45, 2.75) is 39.1 Å². The first-order valence-electron chi connectivity index (χ1n) is 5.56. The van der Waals surface area contributed by atoms with Gasteiger partial charge in [-0.25, -0.2) is 4.98 Å². The van der Waals surface area contributed by atoms with E-state index >= 15 is 0 Å². The monoisotopic (exact) mass is 244 g/mol. The first kappa shape index (κ1) is 13.5. The molecule has 5 heteroatoms. The van der Waals surface area contributed by atoms with Gasteiger partial charge in [-0.2, -0.15) is 5.10 Å². The second kappa shape index (κ2) is 5.64.